The highest BCUT2D eigenvalue weighted by molar-refractivity contribution is 5.81. The molecular weight excluding hydrogens is 210 g/mol. The van der Waals surface area contributed by atoms with Crippen LogP contribution >= 0.6 is 0 Å². The van der Waals surface area contributed by atoms with Gasteiger partial charge in [0, 0.05) is 5.69 Å². The summed E-state index contributed by atoms with van der Waals surface area (Å²) in [5.41, 5.74) is 6.27. The highest BCUT2D eigenvalue weighted by Crippen LogP contribution is 2.19. The number of hydrogen-bond donors (Lipinski definition) is 1. The number of benzene rings is 1. The number of ether oxygens (including phenoxy) is 2. The van der Waals surface area contributed by atoms with E-state index in [9.17, 15) is 9.59 Å². The molecule has 0 radical (unpaired) electrons. The maximum Gasteiger partial charge on any atom is 0.344 e. The molecule has 0 bridgehead atoms. The summed E-state index contributed by atoms with van der Waals surface area (Å²) in [6.45, 7) is 1.78. The lowest BCUT2D eigenvalue weighted by molar-refractivity contribution is -0.145. The van der Waals surface area contributed by atoms with Crippen LogP contribution in [-0.2, 0) is 9.53 Å². The van der Waals surface area contributed by atoms with Crippen LogP contribution in [0, 0.1) is 0 Å². The Hall–Kier alpha value is -2.04. The molecule has 0 aromatic heterocycles. The topological polar surface area (TPSA) is 78.6 Å². The second-order valence-electron chi connectivity index (χ2n) is 3.01. The van der Waals surface area contributed by atoms with Crippen molar-refractivity contribution in [3.63, 3.8) is 0 Å². The molecule has 2 N–H and O–H groups in total. The highest BCUT2D eigenvalue weighted by Gasteiger charge is 2.07. The van der Waals surface area contributed by atoms with E-state index in [0.29, 0.717) is 29.9 Å². The molecule has 0 unspecified atom stereocenters. The van der Waals surface area contributed by atoms with Gasteiger partial charge in [0.1, 0.15) is 5.75 Å². The zero-order valence-electron chi connectivity index (χ0n) is 8.93. The van der Waals surface area contributed by atoms with Crippen LogP contribution in [-0.4, -0.2) is 25.5 Å². The van der Waals surface area contributed by atoms with Crippen molar-refractivity contribution in [2.75, 3.05) is 18.9 Å². The summed E-state index contributed by atoms with van der Waals surface area (Å²) in [5.74, 6) is -0.159. The van der Waals surface area contributed by atoms with Crippen LogP contribution in [0.5, 0.6) is 5.75 Å². The highest BCUT2D eigenvalue weighted by atomic mass is 16.6. The quantitative estimate of drug-likeness (QED) is 0.458. The van der Waals surface area contributed by atoms with Gasteiger partial charge in [0.05, 0.1) is 12.2 Å². The first-order valence-electron chi connectivity index (χ1n) is 4.80. The first-order valence-corrected chi connectivity index (χ1v) is 4.80. The van der Waals surface area contributed by atoms with Gasteiger partial charge in [-0.3, -0.25) is 4.79 Å². The van der Waals surface area contributed by atoms with Gasteiger partial charge in [-0.25, -0.2) is 4.79 Å². The maximum atomic E-state index is 11.0. The Morgan fingerprint density at radius 1 is 1.50 bits per heavy atom. The molecule has 0 spiro atoms. The second-order valence-corrected chi connectivity index (χ2v) is 3.01. The van der Waals surface area contributed by atoms with Gasteiger partial charge in [0.25, 0.3) is 0 Å². The molecule has 1 aromatic carbocycles. The summed E-state index contributed by atoms with van der Waals surface area (Å²) in [5, 5.41) is 0. The van der Waals surface area contributed by atoms with E-state index in [1.54, 1.807) is 13.0 Å². The van der Waals surface area contributed by atoms with Crippen molar-refractivity contribution in [1.29, 1.82) is 0 Å². The maximum absolute atomic E-state index is 11.0. The van der Waals surface area contributed by atoms with Crippen molar-refractivity contribution in [2.24, 2.45) is 0 Å². The molecule has 0 saturated carbocycles. The predicted molar refractivity (Wildman–Crippen MR) is 58.4 cm³/mol. The fourth-order valence-corrected chi connectivity index (χ4v) is 1.13. The van der Waals surface area contributed by atoms with Gasteiger partial charge in [-0.05, 0) is 25.1 Å². The molecule has 0 fully saturated rings. The Morgan fingerprint density at radius 2 is 2.25 bits per heavy atom. The van der Waals surface area contributed by atoms with E-state index in [1.807, 2.05) is 0 Å². The third kappa shape index (κ3) is 3.27. The van der Waals surface area contributed by atoms with Crippen molar-refractivity contribution >= 4 is 17.9 Å². The number of carbonyl (C=O) groups excluding carboxylic acids is 2. The average molecular weight is 223 g/mol. The SMILES string of the molecule is CCOC(=O)COc1ccc(N)cc1C=O. The first kappa shape index (κ1) is 12.0. The predicted octanol–water partition coefficient (Wildman–Crippen LogP) is 1.02. The van der Waals surface area contributed by atoms with E-state index in [-0.39, 0.29) is 6.61 Å². The van der Waals surface area contributed by atoms with Crippen molar-refractivity contribution in [1.82, 2.24) is 0 Å². The Kier molecular flexibility index (Phi) is 4.32. The Morgan fingerprint density at radius 3 is 2.88 bits per heavy atom. The summed E-state index contributed by atoms with van der Waals surface area (Å²) in [6.07, 6.45) is 0.622. The number of aldehydes is 1. The minimum Gasteiger partial charge on any atom is -0.481 e. The Labute approximate surface area is 93.1 Å². The van der Waals surface area contributed by atoms with E-state index in [1.165, 1.54) is 12.1 Å². The molecule has 0 aliphatic heterocycles. The largest absolute Gasteiger partial charge is 0.481 e. The van der Waals surface area contributed by atoms with E-state index < -0.39 is 5.97 Å². The van der Waals surface area contributed by atoms with Crippen molar-refractivity contribution in [3.05, 3.63) is 23.8 Å². The molecule has 5 nitrogen and oxygen atoms in total. The zero-order chi connectivity index (χ0) is 12.0. The number of rotatable bonds is 5. The minimum absolute atomic E-state index is 0.224. The lowest BCUT2D eigenvalue weighted by Crippen LogP contribution is -2.15. The number of hydrogen-bond acceptors (Lipinski definition) is 5. The van der Waals surface area contributed by atoms with Gasteiger partial charge in [-0.2, -0.15) is 0 Å². The van der Waals surface area contributed by atoms with Crippen molar-refractivity contribution in [3.8, 4) is 5.75 Å². The van der Waals surface area contributed by atoms with Gasteiger partial charge in [0.2, 0.25) is 0 Å². The molecule has 0 saturated heterocycles. The smallest absolute Gasteiger partial charge is 0.344 e. The molecule has 0 atom stereocenters. The Balaban J connectivity index is 2.66. The van der Waals surface area contributed by atoms with Gasteiger partial charge in [0.15, 0.2) is 12.9 Å². The summed E-state index contributed by atoms with van der Waals surface area (Å²) < 4.78 is 9.82. The molecule has 0 heterocycles. The minimum atomic E-state index is -0.476. The molecule has 16 heavy (non-hydrogen) atoms. The summed E-state index contributed by atoms with van der Waals surface area (Å²) in [7, 11) is 0. The first-order chi connectivity index (χ1) is 7.67. The van der Waals surface area contributed by atoms with Gasteiger partial charge in [-0.15, -0.1) is 0 Å². The lowest BCUT2D eigenvalue weighted by Gasteiger charge is -2.08. The summed E-state index contributed by atoms with van der Waals surface area (Å²) in [6, 6.07) is 4.61. The molecule has 86 valence electrons. The average Bonchev–Trinajstić information content (AvgIpc) is 2.27. The Bertz CT molecular complexity index is 390. The molecule has 0 aliphatic carbocycles. The van der Waals surface area contributed by atoms with E-state index >= 15 is 0 Å². The fraction of sp³-hybridized carbons (Fsp3) is 0.273. The van der Waals surface area contributed by atoms with Gasteiger partial charge < -0.3 is 15.2 Å². The van der Waals surface area contributed by atoms with E-state index in [0.717, 1.165) is 0 Å². The van der Waals surface area contributed by atoms with Gasteiger partial charge >= 0.3 is 5.97 Å². The second kappa shape index (κ2) is 5.75. The number of anilines is 1. The van der Waals surface area contributed by atoms with Crippen LogP contribution in [0.4, 0.5) is 5.69 Å². The molecule has 1 aromatic rings. The van der Waals surface area contributed by atoms with Crippen LogP contribution in [0.25, 0.3) is 0 Å². The fourth-order valence-electron chi connectivity index (χ4n) is 1.13. The van der Waals surface area contributed by atoms with Crippen LogP contribution in [0.3, 0.4) is 0 Å². The third-order valence-electron chi connectivity index (χ3n) is 1.81. The van der Waals surface area contributed by atoms with Crippen molar-refractivity contribution in [2.45, 2.75) is 6.92 Å². The number of nitrogens with two attached hydrogens (primary N) is 1. The number of nitrogen functional groups attached to an aromatic ring is 1. The van der Waals surface area contributed by atoms with Crippen LogP contribution in [0.2, 0.25) is 0 Å². The third-order valence-corrected chi connectivity index (χ3v) is 1.81. The molecule has 0 amide bonds. The lowest BCUT2D eigenvalue weighted by atomic mass is 10.2. The van der Waals surface area contributed by atoms with Crippen LogP contribution < -0.4 is 10.5 Å². The van der Waals surface area contributed by atoms with E-state index in [2.05, 4.69) is 4.74 Å². The van der Waals surface area contributed by atoms with E-state index in [4.69, 9.17) is 10.5 Å². The monoisotopic (exact) mass is 223 g/mol. The molecule has 1 rings (SSSR count). The summed E-state index contributed by atoms with van der Waals surface area (Å²) in [4.78, 5) is 21.7. The summed E-state index contributed by atoms with van der Waals surface area (Å²) >= 11 is 0. The molecule has 5 heteroatoms. The zero-order valence-corrected chi connectivity index (χ0v) is 8.93. The van der Waals surface area contributed by atoms with Crippen molar-refractivity contribution < 1.29 is 19.1 Å². The molecular formula is C11H13NO4. The normalized spacial score (nSPS) is 9.56. The standard InChI is InChI=1S/C11H13NO4/c1-2-15-11(14)7-16-10-4-3-9(12)5-8(10)6-13/h3-6H,2,7,12H2,1H3. The number of carbonyl (C=O) groups is 2. The van der Waals surface area contributed by atoms with Gasteiger partial charge in [-0.1, -0.05) is 0 Å². The number of esters is 1. The van der Waals surface area contributed by atoms with Crippen LogP contribution in [0.1, 0.15) is 17.3 Å². The molecule has 0 aliphatic rings. The van der Waals surface area contributed by atoms with Crippen LogP contribution in [0.15, 0.2) is 18.2 Å².